The zero-order chi connectivity index (χ0) is 46.6. The fourth-order valence-corrected chi connectivity index (χ4v) is 8.79. The summed E-state index contributed by atoms with van der Waals surface area (Å²) in [5.74, 6) is -7.34. The zero-order valence-electron chi connectivity index (χ0n) is 35.4. The van der Waals surface area contributed by atoms with E-state index < -0.39 is 59.4 Å². The fraction of sp³-hybridized carbons (Fsp3) is 0.308. The van der Waals surface area contributed by atoms with Crippen LogP contribution in [0.2, 0.25) is 0 Å². The highest BCUT2D eigenvalue weighted by molar-refractivity contribution is 5.73. The predicted molar refractivity (Wildman–Crippen MR) is 233 cm³/mol. The Morgan fingerprint density at radius 1 is 0.431 bits per heavy atom. The van der Waals surface area contributed by atoms with Gasteiger partial charge in [0.1, 0.15) is 11.6 Å². The molecular weight excluding hydrogens is 866 g/mol. The quantitative estimate of drug-likeness (QED) is 0.135. The summed E-state index contributed by atoms with van der Waals surface area (Å²) in [6.07, 6.45) is 4.31. The lowest BCUT2D eigenvalue weighted by atomic mass is 9.79. The highest BCUT2D eigenvalue weighted by Crippen LogP contribution is 2.40. The second kappa shape index (κ2) is 20.1. The minimum absolute atomic E-state index is 0. The summed E-state index contributed by atoms with van der Waals surface area (Å²) in [6, 6.07) is 27.4. The van der Waals surface area contributed by atoms with Crippen molar-refractivity contribution in [2.75, 3.05) is 0 Å². The van der Waals surface area contributed by atoms with E-state index in [1.807, 2.05) is 36.4 Å². The summed E-state index contributed by atoms with van der Waals surface area (Å²) in [5, 5.41) is 0. The Morgan fingerprint density at radius 3 is 1.08 bits per heavy atom. The second-order valence-corrected chi connectivity index (χ2v) is 17.0. The highest BCUT2D eigenvalue weighted by atomic mass is 19.4. The average Bonchev–Trinajstić information content (AvgIpc) is 3.26. The predicted octanol–water partition coefficient (Wildman–Crippen LogP) is 17.5. The van der Waals surface area contributed by atoms with Gasteiger partial charge in [0.25, 0.3) is 0 Å². The summed E-state index contributed by atoms with van der Waals surface area (Å²) in [7, 11) is 0. The number of hydrogen-bond acceptors (Lipinski definition) is 2. The smallest absolute Gasteiger partial charge is 0.429 e. The lowest BCUT2D eigenvalue weighted by molar-refractivity contribution is -0.276. The Bertz CT molecular complexity index is 2540. The van der Waals surface area contributed by atoms with E-state index in [2.05, 4.69) is 35.5 Å². The van der Waals surface area contributed by atoms with Crippen LogP contribution >= 0.6 is 0 Å². The van der Waals surface area contributed by atoms with Crippen LogP contribution in [0, 0.1) is 46.7 Å². The normalized spacial score (nSPS) is 18.8. The van der Waals surface area contributed by atoms with Crippen molar-refractivity contribution in [1.82, 2.24) is 0 Å². The van der Waals surface area contributed by atoms with Crippen molar-refractivity contribution < 1.29 is 60.6 Å². The van der Waals surface area contributed by atoms with Crippen molar-refractivity contribution in [3.8, 4) is 56.0 Å². The number of ether oxygens (including phenoxy) is 2. The van der Waals surface area contributed by atoms with Crippen LogP contribution in [0.25, 0.3) is 44.5 Å². The molecule has 2 fully saturated rings. The first kappa shape index (κ1) is 47.1. The molecule has 8 rings (SSSR count). The SMILES string of the molecule is CC1CCC(c2ccc(-c3ccc(-c4cc(F)c(OC(F)(F)F)c(F)c4)c(F)c3)cc2)CC1.CC1CCC(c2ccc(-c3ccc(-c4cc(F)c(OC(F)F)c(F)c4)c(F)c3)cc2)CC1.[HH].[HH]. The fourth-order valence-electron chi connectivity index (χ4n) is 8.79. The number of alkyl halides is 5. The van der Waals surface area contributed by atoms with Crippen LogP contribution in [-0.2, 0) is 0 Å². The van der Waals surface area contributed by atoms with Crippen molar-refractivity contribution >= 4 is 0 Å². The first-order chi connectivity index (χ1) is 30.9. The van der Waals surface area contributed by atoms with Gasteiger partial charge in [0, 0.05) is 14.0 Å². The van der Waals surface area contributed by atoms with Crippen LogP contribution in [0.1, 0.15) is 91.0 Å². The van der Waals surface area contributed by atoms with Gasteiger partial charge in [0.05, 0.1) is 0 Å². The third kappa shape index (κ3) is 11.7. The van der Waals surface area contributed by atoms with E-state index in [-0.39, 0.29) is 25.1 Å². The van der Waals surface area contributed by atoms with Crippen molar-refractivity contribution in [2.45, 2.75) is 90.0 Å². The molecule has 2 aliphatic carbocycles. The Hall–Kier alpha value is -5.85. The Balaban J connectivity index is 0.000000244. The zero-order valence-corrected chi connectivity index (χ0v) is 35.4. The van der Waals surface area contributed by atoms with Crippen LogP contribution in [0.4, 0.5) is 48.3 Å². The molecule has 13 heteroatoms. The molecule has 0 spiro atoms. The molecule has 2 nitrogen and oxygen atoms in total. The minimum Gasteiger partial charge on any atom is -0.429 e. The van der Waals surface area contributed by atoms with Gasteiger partial charge in [0.15, 0.2) is 29.0 Å². The molecule has 2 saturated carbocycles. The summed E-state index contributed by atoms with van der Waals surface area (Å²) in [4.78, 5) is 0. The Labute approximate surface area is 373 Å². The van der Waals surface area contributed by atoms with Gasteiger partial charge in [-0.15, -0.1) is 13.2 Å². The number of hydrogen-bond donors (Lipinski definition) is 0. The van der Waals surface area contributed by atoms with E-state index in [1.54, 1.807) is 12.1 Å². The standard InChI is InChI=1S/C26H22F6O.C26H23F5O.2H2/c1-15-2-4-16(5-3-15)17-6-8-18(9-7-17)19-10-11-21(22(27)12-19)20-13-23(28)25(24(29)14-20)33-26(30,31)32;1-15-2-4-16(5-3-15)17-6-8-18(9-7-17)19-10-11-21(22(27)12-19)20-13-23(28)25(24(29)14-20)32-26(30)31;;/h6-16H,2-5H2,1H3;6-16,26H,2-5H2,1H3;2*1H. The number of rotatable bonds is 9. The van der Waals surface area contributed by atoms with Crippen LogP contribution in [0.15, 0.2) is 109 Å². The van der Waals surface area contributed by atoms with E-state index in [4.69, 9.17) is 0 Å². The number of benzene rings is 6. The molecule has 0 aliphatic heterocycles. The third-order valence-corrected chi connectivity index (χ3v) is 12.4. The maximum absolute atomic E-state index is 14.8. The van der Waals surface area contributed by atoms with Crippen molar-refractivity contribution in [3.63, 3.8) is 0 Å². The summed E-state index contributed by atoms with van der Waals surface area (Å²) in [5.41, 5.74) is 4.88. The molecule has 0 radical (unpaired) electrons. The summed E-state index contributed by atoms with van der Waals surface area (Å²) in [6.45, 7) is 1.19. The van der Waals surface area contributed by atoms with Crippen molar-refractivity contribution in [2.24, 2.45) is 11.8 Å². The lowest BCUT2D eigenvalue weighted by Gasteiger charge is -2.26. The van der Waals surface area contributed by atoms with E-state index in [1.165, 1.54) is 73.9 Å². The molecule has 2 aliphatic rings. The summed E-state index contributed by atoms with van der Waals surface area (Å²) < 4.78 is 155. The molecule has 0 aromatic heterocycles. The lowest BCUT2D eigenvalue weighted by Crippen LogP contribution is -2.19. The molecule has 346 valence electrons. The molecule has 0 amide bonds. The van der Waals surface area contributed by atoms with Crippen LogP contribution in [0.5, 0.6) is 11.5 Å². The van der Waals surface area contributed by atoms with Gasteiger partial charge in [-0.1, -0.05) is 112 Å². The van der Waals surface area contributed by atoms with Gasteiger partial charge in [0.2, 0.25) is 5.75 Å². The van der Waals surface area contributed by atoms with Gasteiger partial charge in [-0.3, -0.25) is 0 Å². The molecule has 0 heterocycles. The van der Waals surface area contributed by atoms with Gasteiger partial charge < -0.3 is 9.47 Å². The average molecular weight is 915 g/mol. The first-order valence-electron chi connectivity index (χ1n) is 21.4. The molecule has 0 unspecified atom stereocenters. The van der Waals surface area contributed by atoms with Gasteiger partial charge in [-0.05, 0) is 130 Å². The Kier molecular flexibility index (Phi) is 14.6. The second-order valence-electron chi connectivity index (χ2n) is 17.0. The molecule has 65 heavy (non-hydrogen) atoms. The van der Waals surface area contributed by atoms with E-state index >= 15 is 0 Å². The summed E-state index contributed by atoms with van der Waals surface area (Å²) >= 11 is 0. The molecule has 6 aromatic carbocycles. The molecular formula is C52H49F11O2. The molecule has 0 atom stereocenters. The third-order valence-electron chi connectivity index (χ3n) is 12.4. The van der Waals surface area contributed by atoms with Gasteiger partial charge >= 0.3 is 13.0 Å². The van der Waals surface area contributed by atoms with E-state index in [9.17, 15) is 48.3 Å². The van der Waals surface area contributed by atoms with Gasteiger partial charge in [-0.25, -0.2) is 26.3 Å². The van der Waals surface area contributed by atoms with Crippen molar-refractivity contribution in [3.05, 3.63) is 155 Å². The number of halogens is 11. The monoisotopic (exact) mass is 914 g/mol. The maximum atomic E-state index is 14.8. The molecule has 0 saturated heterocycles. The van der Waals surface area contributed by atoms with Crippen LogP contribution < -0.4 is 9.47 Å². The largest absolute Gasteiger partial charge is 0.573 e. The van der Waals surface area contributed by atoms with E-state index in [0.717, 1.165) is 47.9 Å². The topological polar surface area (TPSA) is 18.5 Å². The molecule has 0 bridgehead atoms. The molecule has 6 aromatic rings. The van der Waals surface area contributed by atoms with Gasteiger partial charge in [-0.2, -0.15) is 8.78 Å². The van der Waals surface area contributed by atoms with E-state index in [0.29, 0.717) is 35.1 Å². The molecule has 0 N–H and O–H groups in total. The van der Waals surface area contributed by atoms with Crippen LogP contribution in [-0.4, -0.2) is 13.0 Å². The Morgan fingerprint density at radius 2 is 0.754 bits per heavy atom. The highest BCUT2D eigenvalue weighted by Gasteiger charge is 2.34. The maximum Gasteiger partial charge on any atom is 0.573 e. The van der Waals surface area contributed by atoms with Crippen LogP contribution in [0.3, 0.4) is 0 Å². The first-order valence-corrected chi connectivity index (χ1v) is 21.4. The minimum atomic E-state index is -5.25. The van der Waals surface area contributed by atoms with Crippen molar-refractivity contribution in [1.29, 1.82) is 0 Å².